The number of halogens is 1. The summed E-state index contributed by atoms with van der Waals surface area (Å²) < 4.78 is 0.468. The molecule has 7 aromatic carbocycles. The average molecular weight is 806 g/mol. The zero-order valence-electron chi connectivity index (χ0n) is 30.0. The smallest absolute Gasteiger partial charge is 0.0462 e. The Morgan fingerprint density at radius 1 is 0.481 bits per heavy atom. The molecule has 2 heteroatoms. The van der Waals surface area contributed by atoms with Crippen molar-refractivity contribution in [2.75, 3.05) is 4.90 Å². The molecule has 0 saturated heterocycles. The molecular weight excluding hydrogens is 765 g/mol. The normalized spacial score (nSPS) is 16.5. The molecule has 7 aromatic rings. The molecule has 2 atom stereocenters. The molecule has 2 unspecified atom stereocenters. The molecule has 0 amide bonds. The Bertz CT molecular complexity index is 2540. The molecule has 0 fully saturated rings. The zero-order valence-corrected chi connectivity index (χ0v) is 32.2. The van der Waals surface area contributed by atoms with Crippen molar-refractivity contribution in [2.24, 2.45) is 0 Å². The first-order valence-electron chi connectivity index (χ1n) is 18.8. The van der Waals surface area contributed by atoms with E-state index in [4.69, 9.17) is 0 Å². The van der Waals surface area contributed by atoms with E-state index >= 15 is 0 Å². The van der Waals surface area contributed by atoms with Crippen LogP contribution in [-0.4, -0.2) is 3.92 Å². The van der Waals surface area contributed by atoms with E-state index in [1.807, 2.05) is 0 Å². The first-order chi connectivity index (χ1) is 26.7. The van der Waals surface area contributed by atoms with Crippen LogP contribution in [0.2, 0.25) is 0 Å². The van der Waals surface area contributed by atoms with Gasteiger partial charge in [0, 0.05) is 26.9 Å². The topological polar surface area (TPSA) is 3.24 Å². The van der Waals surface area contributed by atoms with Gasteiger partial charge in [0.2, 0.25) is 0 Å². The number of allylic oxidation sites excluding steroid dienone is 8. The van der Waals surface area contributed by atoms with Crippen molar-refractivity contribution in [1.29, 1.82) is 0 Å². The quantitative estimate of drug-likeness (QED) is 0.109. The predicted molar refractivity (Wildman–Crippen MR) is 240 cm³/mol. The third-order valence-corrected chi connectivity index (χ3v) is 12.0. The van der Waals surface area contributed by atoms with Crippen molar-refractivity contribution < 1.29 is 0 Å². The van der Waals surface area contributed by atoms with Gasteiger partial charge < -0.3 is 4.90 Å². The molecule has 0 spiro atoms. The van der Waals surface area contributed by atoms with Gasteiger partial charge >= 0.3 is 0 Å². The van der Waals surface area contributed by atoms with E-state index < -0.39 is 0 Å². The Kier molecular flexibility index (Phi) is 9.68. The van der Waals surface area contributed by atoms with Gasteiger partial charge in [-0.3, -0.25) is 0 Å². The van der Waals surface area contributed by atoms with Gasteiger partial charge in [-0.2, -0.15) is 0 Å². The number of benzene rings is 7. The van der Waals surface area contributed by atoms with Crippen LogP contribution in [0.15, 0.2) is 206 Å². The lowest BCUT2D eigenvalue weighted by Gasteiger charge is -2.27. The fraction of sp³-hybridized carbons (Fsp3) is 0.0769. The first-order valence-corrected chi connectivity index (χ1v) is 20.1. The summed E-state index contributed by atoms with van der Waals surface area (Å²) in [7, 11) is 0. The Morgan fingerprint density at radius 3 is 1.80 bits per heavy atom. The van der Waals surface area contributed by atoms with Gasteiger partial charge in [-0.15, -0.1) is 0 Å². The van der Waals surface area contributed by atoms with E-state index in [2.05, 4.69) is 234 Å². The van der Waals surface area contributed by atoms with Crippen molar-refractivity contribution in [3.8, 4) is 22.3 Å². The summed E-state index contributed by atoms with van der Waals surface area (Å²) in [6, 6.07) is 62.1. The van der Waals surface area contributed by atoms with Crippen molar-refractivity contribution in [2.45, 2.75) is 22.7 Å². The Balaban J connectivity index is 1.03. The van der Waals surface area contributed by atoms with Crippen molar-refractivity contribution in [3.05, 3.63) is 223 Å². The molecule has 9 rings (SSSR count). The lowest BCUT2D eigenvalue weighted by Crippen LogP contribution is -2.10. The second kappa shape index (κ2) is 15.3. The van der Waals surface area contributed by atoms with Crippen LogP contribution in [0.4, 0.5) is 17.1 Å². The number of nitrogens with zero attached hydrogens (tertiary/aromatic N) is 1. The maximum atomic E-state index is 2.58. The lowest BCUT2D eigenvalue weighted by atomic mass is 9.85. The fourth-order valence-electron chi connectivity index (χ4n) is 7.90. The summed E-state index contributed by atoms with van der Waals surface area (Å²) in [6.07, 6.45) is 15.6. The molecule has 0 radical (unpaired) electrons. The van der Waals surface area contributed by atoms with Gasteiger partial charge in [-0.05, 0) is 116 Å². The second-order valence-electron chi connectivity index (χ2n) is 14.1. The lowest BCUT2D eigenvalue weighted by molar-refractivity contribution is 0.867. The number of hydrogen-bond acceptors (Lipinski definition) is 1. The molecule has 0 aromatic heterocycles. The highest BCUT2D eigenvalue weighted by Gasteiger charge is 2.20. The van der Waals surface area contributed by atoms with Crippen molar-refractivity contribution in [1.82, 2.24) is 0 Å². The van der Waals surface area contributed by atoms with Crippen LogP contribution in [0, 0.1) is 0 Å². The molecule has 0 saturated carbocycles. The summed E-state index contributed by atoms with van der Waals surface area (Å²) in [4.78, 5) is 2.38. The third-order valence-electron chi connectivity index (χ3n) is 10.8. The first kappa shape index (κ1) is 34.1. The van der Waals surface area contributed by atoms with Crippen LogP contribution in [0.5, 0.6) is 0 Å². The number of alkyl halides is 1. The predicted octanol–water partition coefficient (Wildman–Crippen LogP) is 14.9. The fourth-order valence-corrected chi connectivity index (χ4v) is 8.74. The summed E-state index contributed by atoms with van der Waals surface area (Å²) in [5, 5.41) is 2.57. The maximum absolute atomic E-state index is 2.58. The Morgan fingerprint density at radius 2 is 1.07 bits per heavy atom. The van der Waals surface area contributed by atoms with Gasteiger partial charge in [0.1, 0.15) is 0 Å². The molecule has 260 valence electrons. The minimum Gasteiger partial charge on any atom is -0.311 e. The standard InChI is InChI=1S/C52H40IN/c53-52-20-9-8-19-51(52)50-18-7-6-17-49(50)41-27-33-48(34-28-41)54(46-29-23-39(24-30-46)37-11-2-1-3-12-37)47-31-25-40(26-32-47)43-15-10-16-44(35-43)45-22-21-38-13-4-5-14-42(38)36-45/h1-19,21-34,36,43,52H,20,35H2. The molecule has 0 aliphatic heterocycles. The molecule has 1 nitrogen and oxygen atoms in total. The average Bonchev–Trinajstić information content (AvgIpc) is 3.25. The van der Waals surface area contributed by atoms with E-state index in [9.17, 15) is 0 Å². The van der Waals surface area contributed by atoms with E-state index in [0.29, 0.717) is 9.84 Å². The highest BCUT2D eigenvalue weighted by molar-refractivity contribution is 14.1. The molecule has 2 aliphatic rings. The van der Waals surface area contributed by atoms with E-state index in [1.165, 1.54) is 60.9 Å². The van der Waals surface area contributed by atoms with Crippen LogP contribution in [0.1, 0.15) is 35.4 Å². The maximum Gasteiger partial charge on any atom is 0.0462 e. The van der Waals surface area contributed by atoms with Gasteiger partial charge in [0.15, 0.2) is 0 Å². The Labute approximate surface area is 332 Å². The van der Waals surface area contributed by atoms with E-state index in [0.717, 1.165) is 29.9 Å². The van der Waals surface area contributed by atoms with Crippen molar-refractivity contribution in [3.63, 3.8) is 0 Å². The van der Waals surface area contributed by atoms with E-state index in [-0.39, 0.29) is 0 Å². The van der Waals surface area contributed by atoms with Gasteiger partial charge in [-0.25, -0.2) is 0 Å². The number of hydrogen-bond donors (Lipinski definition) is 0. The number of rotatable bonds is 8. The molecule has 0 N–H and O–H groups in total. The van der Waals surface area contributed by atoms with Crippen LogP contribution >= 0.6 is 22.6 Å². The summed E-state index contributed by atoms with van der Waals surface area (Å²) in [5.74, 6) is 0.320. The molecule has 54 heavy (non-hydrogen) atoms. The van der Waals surface area contributed by atoms with Crippen LogP contribution in [0.25, 0.3) is 44.2 Å². The van der Waals surface area contributed by atoms with Gasteiger partial charge in [-0.1, -0.05) is 186 Å². The van der Waals surface area contributed by atoms with Gasteiger partial charge in [0.05, 0.1) is 0 Å². The molecule has 0 heterocycles. The summed E-state index contributed by atoms with van der Waals surface area (Å²) in [5.41, 5.74) is 15.0. The van der Waals surface area contributed by atoms with Gasteiger partial charge in [0.25, 0.3) is 0 Å². The molecular formula is C52H40IN. The third kappa shape index (κ3) is 7.02. The second-order valence-corrected chi connectivity index (χ2v) is 15.6. The monoisotopic (exact) mass is 805 g/mol. The largest absolute Gasteiger partial charge is 0.311 e. The van der Waals surface area contributed by atoms with Crippen LogP contribution in [-0.2, 0) is 0 Å². The Hall–Kier alpha value is -5.71. The molecule has 2 aliphatic carbocycles. The molecule has 0 bridgehead atoms. The highest BCUT2D eigenvalue weighted by Crippen LogP contribution is 2.41. The van der Waals surface area contributed by atoms with Crippen molar-refractivity contribution >= 4 is 61.6 Å². The van der Waals surface area contributed by atoms with E-state index in [1.54, 1.807) is 0 Å². The van der Waals surface area contributed by atoms with Crippen LogP contribution in [0.3, 0.4) is 0 Å². The summed E-state index contributed by atoms with van der Waals surface area (Å²) >= 11 is 2.58. The number of anilines is 3. The SMILES string of the molecule is IC1CC=CC=C1c1ccccc1-c1ccc(N(c2ccc(-c3ccccc3)cc2)c2ccc(C3C=CC=C(c4ccc5ccccc5c4)C3)cc2)cc1. The zero-order chi connectivity index (χ0) is 36.3. The van der Waals surface area contributed by atoms with Crippen LogP contribution < -0.4 is 4.90 Å². The summed E-state index contributed by atoms with van der Waals surface area (Å²) in [6.45, 7) is 0. The highest BCUT2D eigenvalue weighted by atomic mass is 127. The minimum absolute atomic E-state index is 0.320. The minimum atomic E-state index is 0.320. The number of fused-ring (bicyclic) bond motifs is 1.